The molecule has 0 aliphatic carbocycles. The average molecular weight is 279 g/mol. The monoisotopic (exact) mass is 279 g/mol. The Morgan fingerprint density at radius 1 is 1.11 bits per heavy atom. The van der Waals surface area contributed by atoms with E-state index in [0.717, 1.165) is 6.92 Å². The van der Waals surface area contributed by atoms with Gasteiger partial charge in [-0.3, -0.25) is 14.5 Å². The van der Waals surface area contributed by atoms with Crippen LogP contribution in [0.15, 0.2) is 0 Å². The van der Waals surface area contributed by atoms with E-state index in [2.05, 4.69) is 4.74 Å². The van der Waals surface area contributed by atoms with Gasteiger partial charge in [0.1, 0.15) is 0 Å². The molecule has 0 aromatic carbocycles. The van der Waals surface area contributed by atoms with Gasteiger partial charge in [0, 0.05) is 6.92 Å². The number of carbonyl (C=O) groups excluding carboxylic acids is 2. The van der Waals surface area contributed by atoms with Crippen molar-refractivity contribution in [2.45, 2.75) is 38.0 Å². The molecular weight excluding hydrogens is 272 g/mol. The van der Waals surface area contributed by atoms with Crippen molar-refractivity contribution in [3.63, 3.8) is 0 Å². The first-order valence-corrected chi connectivity index (χ1v) is 4.56. The van der Waals surface area contributed by atoms with Crippen LogP contribution in [0.4, 0.5) is 26.3 Å². The van der Waals surface area contributed by atoms with Crippen molar-refractivity contribution >= 4 is 11.9 Å². The van der Waals surface area contributed by atoms with Gasteiger partial charge in [-0.25, -0.2) is 13.2 Å². The lowest BCUT2D eigenvalue weighted by atomic mass is 10.2. The minimum atomic E-state index is -5.56. The zero-order chi connectivity index (χ0) is 14.2. The third kappa shape index (κ3) is 2.51. The van der Waals surface area contributed by atoms with Gasteiger partial charge in [0.25, 0.3) is 0 Å². The van der Waals surface area contributed by atoms with Crippen molar-refractivity contribution in [2.75, 3.05) is 0 Å². The van der Waals surface area contributed by atoms with E-state index in [0.29, 0.717) is 0 Å². The highest BCUT2D eigenvalue weighted by molar-refractivity contribution is 5.82. The molecule has 1 fully saturated rings. The second-order valence-corrected chi connectivity index (χ2v) is 3.47. The minimum absolute atomic E-state index is 0.737. The molecule has 1 rings (SSSR count). The molecule has 4 atom stereocenters. The Balaban J connectivity index is 2.96. The fourth-order valence-electron chi connectivity index (χ4n) is 1.44. The maximum atomic E-state index is 13.3. The number of amides is 1. The fourth-order valence-corrected chi connectivity index (χ4v) is 1.44. The SMILES string of the molecule is CC(=O)OC1C(F)C(F)N(C(=O)C(F)(F)F)C1F. The first-order chi connectivity index (χ1) is 8.07. The number of rotatable bonds is 1. The summed E-state index contributed by atoms with van der Waals surface area (Å²) in [7, 11) is 0. The molecule has 1 aliphatic heterocycles. The summed E-state index contributed by atoms with van der Waals surface area (Å²) in [5.41, 5.74) is 0. The van der Waals surface area contributed by atoms with Gasteiger partial charge in [0.2, 0.25) is 12.6 Å². The van der Waals surface area contributed by atoms with E-state index in [1.165, 1.54) is 0 Å². The number of nitrogens with zero attached hydrogens (tertiary/aromatic N) is 1. The van der Waals surface area contributed by atoms with E-state index in [9.17, 15) is 35.9 Å². The predicted octanol–water partition coefficient (Wildman–Crippen LogP) is 1.25. The van der Waals surface area contributed by atoms with Gasteiger partial charge >= 0.3 is 18.1 Å². The molecule has 1 amide bonds. The van der Waals surface area contributed by atoms with Crippen LogP contribution in [0.5, 0.6) is 0 Å². The van der Waals surface area contributed by atoms with Gasteiger partial charge in [0.15, 0.2) is 12.3 Å². The van der Waals surface area contributed by atoms with Gasteiger partial charge in [-0.05, 0) is 0 Å². The number of hydrogen-bond acceptors (Lipinski definition) is 3. The Bertz CT molecular complexity index is 359. The number of hydrogen-bond donors (Lipinski definition) is 0. The number of likely N-dealkylation sites (tertiary alicyclic amines) is 1. The summed E-state index contributed by atoms with van der Waals surface area (Å²) in [4.78, 5) is 20.2. The zero-order valence-corrected chi connectivity index (χ0v) is 8.75. The molecule has 10 heteroatoms. The molecule has 1 heterocycles. The van der Waals surface area contributed by atoms with E-state index < -0.39 is 47.8 Å². The third-order valence-corrected chi connectivity index (χ3v) is 2.16. The maximum absolute atomic E-state index is 13.3. The molecular formula is C8H7F6NO3. The van der Waals surface area contributed by atoms with Crippen LogP contribution in [-0.2, 0) is 14.3 Å². The second-order valence-electron chi connectivity index (χ2n) is 3.47. The molecule has 0 N–H and O–H groups in total. The largest absolute Gasteiger partial charge is 0.471 e. The predicted molar refractivity (Wildman–Crippen MR) is 43.1 cm³/mol. The number of ether oxygens (including phenoxy) is 1. The standard InChI is InChI=1S/C8H7F6NO3/c1-2(16)18-4-3(9)5(10)15(6(4)11)7(17)8(12,13)14/h3-6H,1H3. The Hall–Kier alpha value is -1.48. The molecule has 1 aliphatic rings. The van der Waals surface area contributed by atoms with Gasteiger partial charge < -0.3 is 4.74 Å². The van der Waals surface area contributed by atoms with Crippen molar-refractivity contribution in [1.82, 2.24) is 4.90 Å². The summed E-state index contributed by atoms with van der Waals surface area (Å²) in [5.74, 6) is -4.08. The fraction of sp³-hybridized carbons (Fsp3) is 0.750. The topological polar surface area (TPSA) is 46.6 Å². The lowest BCUT2D eigenvalue weighted by molar-refractivity contribution is -0.197. The molecule has 4 nitrogen and oxygen atoms in total. The molecule has 1 saturated heterocycles. The Morgan fingerprint density at radius 3 is 2.00 bits per heavy atom. The number of esters is 1. The van der Waals surface area contributed by atoms with Crippen LogP contribution in [0.25, 0.3) is 0 Å². The van der Waals surface area contributed by atoms with E-state index >= 15 is 0 Å². The Labute approximate surface area is 96.5 Å². The van der Waals surface area contributed by atoms with Crippen molar-refractivity contribution in [2.24, 2.45) is 0 Å². The normalized spacial score (nSPS) is 32.5. The summed E-state index contributed by atoms with van der Waals surface area (Å²) in [6.07, 6.45) is -17.1. The van der Waals surface area contributed by atoms with Crippen LogP contribution in [0.2, 0.25) is 0 Å². The lowest BCUT2D eigenvalue weighted by Crippen LogP contribution is -2.47. The smallest absolute Gasteiger partial charge is 0.454 e. The quantitative estimate of drug-likeness (QED) is 0.412. The number of carbonyl (C=O) groups is 2. The van der Waals surface area contributed by atoms with Crippen molar-refractivity contribution in [1.29, 1.82) is 0 Å². The van der Waals surface area contributed by atoms with E-state index in [4.69, 9.17) is 0 Å². The summed E-state index contributed by atoms with van der Waals surface area (Å²) < 4.78 is 79.6. The Kier molecular flexibility index (Phi) is 3.77. The van der Waals surface area contributed by atoms with Crippen LogP contribution in [0.1, 0.15) is 6.92 Å². The van der Waals surface area contributed by atoms with Crippen molar-refractivity contribution in [3.8, 4) is 0 Å². The highest BCUT2D eigenvalue weighted by Crippen LogP contribution is 2.35. The third-order valence-electron chi connectivity index (χ3n) is 2.16. The van der Waals surface area contributed by atoms with E-state index in [1.54, 1.807) is 0 Å². The first kappa shape index (κ1) is 14.6. The average Bonchev–Trinajstić information content (AvgIpc) is 2.40. The Morgan fingerprint density at radius 2 is 1.61 bits per heavy atom. The second kappa shape index (κ2) is 4.65. The molecule has 0 saturated carbocycles. The minimum Gasteiger partial charge on any atom is -0.454 e. The highest BCUT2D eigenvalue weighted by Gasteiger charge is 2.59. The van der Waals surface area contributed by atoms with E-state index in [-0.39, 0.29) is 0 Å². The van der Waals surface area contributed by atoms with Gasteiger partial charge in [-0.2, -0.15) is 13.2 Å². The molecule has 0 radical (unpaired) electrons. The molecule has 0 bridgehead atoms. The summed E-state index contributed by atoms with van der Waals surface area (Å²) in [6, 6.07) is 0. The molecule has 0 spiro atoms. The van der Waals surface area contributed by atoms with E-state index in [1.807, 2.05) is 0 Å². The first-order valence-electron chi connectivity index (χ1n) is 4.56. The van der Waals surface area contributed by atoms with Gasteiger partial charge in [-0.1, -0.05) is 0 Å². The number of alkyl halides is 6. The summed E-state index contributed by atoms with van der Waals surface area (Å²) in [5, 5.41) is 0. The summed E-state index contributed by atoms with van der Waals surface area (Å²) in [6.45, 7) is 0.737. The van der Waals surface area contributed by atoms with Crippen molar-refractivity contribution < 1.29 is 40.7 Å². The molecule has 0 aromatic heterocycles. The van der Waals surface area contributed by atoms with Crippen LogP contribution in [0, 0.1) is 0 Å². The van der Waals surface area contributed by atoms with Crippen molar-refractivity contribution in [3.05, 3.63) is 0 Å². The van der Waals surface area contributed by atoms with Crippen LogP contribution < -0.4 is 0 Å². The van der Waals surface area contributed by atoms with Gasteiger partial charge in [-0.15, -0.1) is 0 Å². The molecule has 104 valence electrons. The highest BCUT2D eigenvalue weighted by atomic mass is 19.4. The number of halogens is 6. The molecule has 18 heavy (non-hydrogen) atoms. The zero-order valence-electron chi connectivity index (χ0n) is 8.75. The van der Waals surface area contributed by atoms with Crippen LogP contribution in [0.3, 0.4) is 0 Å². The molecule has 4 unspecified atom stereocenters. The van der Waals surface area contributed by atoms with Crippen LogP contribution >= 0.6 is 0 Å². The van der Waals surface area contributed by atoms with Crippen LogP contribution in [-0.4, -0.2) is 47.8 Å². The lowest BCUT2D eigenvalue weighted by Gasteiger charge is -2.22. The summed E-state index contributed by atoms with van der Waals surface area (Å²) >= 11 is 0. The maximum Gasteiger partial charge on any atom is 0.471 e. The molecule has 0 aromatic rings. The van der Waals surface area contributed by atoms with Gasteiger partial charge in [0.05, 0.1) is 0 Å².